The second-order valence-electron chi connectivity index (χ2n) is 9.22. The molecule has 4 rings (SSSR count). The number of halogens is 1. The summed E-state index contributed by atoms with van der Waals surface area (Å²) in [4.78, 5) is 41.4. The van der Waals surface area contributed by atoms with Crippen LogP contribution >= 0.6 is 11.6 Å². The number of hydrogen-bond donors (Lipinski definition) is 2. The van der Waals surface area contributed by atoms with E-state index in [0.717, 1.165) is 11.8 Å². The quantitative estimate of drug-likeness (QED) is 0.545. The van der Waals surface area contributed by atoms with E-state index in [1.807, 2.05) is 0 Å². The van der Waals surface area contributed by atoms with Gasteiger partial charge in [0.05, 0.1) is 10.6 Å². The first kappa shape index (κ1) is 26.2. The molecular formula is C24H29ClN4O6S. The molecule has 2 aliphatic heterocycles. The van der Waals surface area contributed by atoms with E-state index in [2.05, 4.69) is 0 Å². The van der Waals surface area contributed by atoms with Gasteiger partial charge in [-0.3, -0.25) is 9.59 Å². The number of benzene rings is 2. The molecule has 194 valence electrons. The third-order valence-electron chi connectivity index (χ3n) is 6.70. The first-order valence-electron chi connectivity index (χ1n) is 11.8. The first-order chi connectivity index (χ1) is 17.0. The fourth-order valence-corrected chi connectivity index (χ4v) is 6.36. The predicted octanol–water partition coefficient (Wildman–Crippen LogP) is 1.23. The van der Waals surface area contributed by atoms with E-state index in [-0.39, 0.29) is 36.6 Å². The van der Waals surface area contributed by atoms with Crippen LogP contribution in [0.15, 0.2) is 41.3 Å². The summed E-state index contributed by atoms with van der Waals surface area (Å²) in [7, 11) is -3.92. The molecule has 0 unspecified atom stereocenters. The van der Waals surface area contributed by atoms with E-state index < -0.39 is 33.5 Å². The fourth-order valence-electron chi connectivity index (χ4n) is 4.85. The molecule has 4 amide bonds. The number of sulfone groups is 1. The van der Waals surface area contributed by atoms with Gasteiger partial charge in [-0.05, 0) is 54.3 Å². The van der Waals surface area contributed by atoms with Gasteiger partial charge in [0.25, 0.3) is 5.91 Å². The fraction of sp³-hybridized carbons (Fsp3) is 0.458. The van der Waals surface area contributed by atoms with Crippen LogP contribution in [0.1, 0.15) is 19.3 Å². The number of primary amides is 1. The lowest BCUT2D eigenvalue weighted by molar-refractivity contribution is -0.140. The van der Waals surface area contributed by atoms with Crippen LogP contribution in [-0.2, 0) is 19.4 Å². The molecule has 0 saturated carbocycles. The number of nitrogens with two attached hydrogens (primary N) is 1. The highest BCUT2D eigenvalue weighted by molar-refractivity contribution is 7.91. The molecule has 1 atom stereocenters. The monoisotopic (exact) mass is 536 g/mol. The molecule has 10 nitrogen and oxygen atoms in total. The lowest BCUT2D eigenvalue weighted by Gasteiger charge is -2.43. The minimum atomic E-state index is -3.92. The summed E-state index contributed by atoms with van der Waals surface area (Å²) in [5.41, 5.74) is 5.23. The maximum absolute atomic E-state index is 12.9. The Labute approximate surface area is 214 Å². The van der Waals surface area contributed by atoms with Crippen LogP contribution in [0, 0.1) is 0 Å². The normalized spacial score (nSPS) is 18.5. The maximum Gasteiger partial charge on any atom is 0.320 e. The zero-order chi connectivity index (χ0) is 26.0. The Morgan fingerprint density at radius 1 is 1.06 bits per heavy atom. The number of aliphatic hydroxyl groups is 1. The second kappa shape index (κ2) is 10.6. The van der Waals surface area contributed by atoms with Gasteiger partial charge in [0.2, 0.25) is 5.91 Å². The lowest BCUT2D eigenvalue weighted by atomic mass is 10.0. The van der Waals surface area contributed by atoms with Crippen molar-refractivity contribution in [3.05, 3.63) is 41.4 Å². The highest BCUT2D eigenvalue weighted by Gasteiger charge is 2.36. The van der Waals surface area contributed by atoms with Gasteiger partial charge >= 0.3 is 6.03 Å². The minimum Gasteiger partial charge on any atom is -0.382 e. The molecule has 2 fully saturated rings. The van der Waals surface area contributed by atoms with Crippen LogP contribution in [0.4, 0.5) is 4.79 Å². The third-order valence-corrected chi connectivity index (χ3v) is 8.66. The molecule has 0 bridgehead atoms. The molecule has 3 N–H and O–H groups in total. The van der Waals surface area contributed by atoms with Crippen LogP contribution in [-0.4, -0.2) is 96.7 Å². The van der Waals surface area contributed by atoms with Gasteiger partial charge < -0.3 is 25.5 Å². The summed E-state index contributed by atoms with van der Waals surface area (Å²) in [5, 5.41) is 12.5. The average Bonchev–Trinajstić information content (AvgIpc) is 2.84. The van der Waals surface area contributed by atoms with Crippen molar-refractivity contribution in [2.45, 2.75) is 36.3 Å². The molecule has 2 aromatic carbocycles. The zero-order valence-corrected chi connectivity index (χ0v) is 21.2. The molecular weight excluding hydrogens is 508 g/mol. The molecule has 0 radical (unpaired) electrons. The Morgan fingerprint density at radius 2 is 1.72 bits per heavy atom. The first-order valence-corrected chi connectivity index (χ1v) is 13.8. The highest BCUT2D eigenvalue weighted by Crippen LogP contribution is 2.25. The largest absolute Gasteiger partial charge is 0.382 e. The van der Waals surface area contributed by atoms with Crippen LogP contribution in [0.5, 0.6) is 0 Å². The van der Waals surface area contributed by atoms with Crippen molar-refractivity contribution in [1.29, 1.82) is 0 Å². The number of amides is 4. The van der Waals surface area contributed by atoms with E-state index in [9.17, 15) is 27.9 Å². The lowest BCUT2D eigenvalue weighted by Crippen LogP contribution is -2.57. The van der Waals surface area contributed by atoms with E-state index >= 15 is 0 Å². The summed E-state index contributed by atoms with van der Waals surface area (Å²) >= 11 is 5.98. The number of nitrogens with zero attached hydrogens (tertiary/aromatic N) is 3. The molecule has 2 aromatic rings. The highest BCUT2D eigenvalue weighted by atomic mass is 35.5. The number of urea groups is 1. The Hall–Kier alpha value is -2.89. The van der Waals surface area contributed by atoms with E-state index in [1.54, 1.807) is 29.2 Å². The third kappa shape index (κ3) is 5.74. The zero-order valence-electron chi connectivity index (χ0n) is 19.7. The predicted molar refractivity (Wildman–Crippen MR) is 134 cm³/mol. The smallest absolute Gasteiger partial charge is 0.320 e. The SMILES string of the molecule is NC(=O)CN1CCCN(C2CCN(C(=O)[C@H](O)CS(=O)(=O)c3ccc4cc(Cl)ccc4c3)CC2)C1=O. The standard InChI is InChI=1S/C24H29ClN4O6S/c25-18-4-2-17-13-20(5-3-16(17)12-18)36(34,35)15-21(30)23(32)27-10-6-19(7-11-27)29-9-1-8-28(24(29)33)14-22(26)31/h2-5,12-13,19,21,30H,1,6-11,14-15H2,(H2,26,31)/t21-/m1/s1. The number of piperidine rings is 1. The molecule has 0 aliphatic carbocycles. The Balaban J connectivity index is 1.35. The summed E-state index contributed by atoms with van der Waals surface area (Å²) in [6.07, 6.45) is 0.00913. The number of carbonyl (C=O) groups excluding carboxylic acids is 3. The summed E-state index contributed by atoms with van der Waals surface area (Å²) < 4.78 is 25.8. The van der Waals surface area contributed by atoms with Gasteiger partial charge in [0.1, 0.15) is 12.6 Å². The van der Waals surface area contributed by atoms with E-state index in [1.165, 1.54) is 21.9 Å². The van der Waals surface area contributed by atoms with Crippen molar-refractivity contribution < 1.29 is 27.9 Å². The van der Waals surface area contributed by atoms with Gasteiger partial charge in [-0.15, -0.1) is 0 Å². The van der Waals surface area contributed by atoms with Gasteiger partial charge in [-0.1, -0.05) is 23.7 Å². The molecule has 2 heterocycles. The Kier molecular flexibility index (Phi) is 7.72. The van der Waals surface area contributed by atoms with Crippen LogP contribution in [0.3, 0.4) is 0 Å². The van der Waals surface area contributed by atoms with Gasteiger partial charge in [-0.2, -0.15) is 0 Å². The van der Waals surface area contributed by atoms with Crippen molar-refractivity contribution in [1.82, 2.24) is 14.7 Å². The molecule has 2 saturated heterocycles. The average molecular weight is 537 g/mol. The molecule has 2 aliphatic rings. The van der Waals surface area contributed by atoms with Gasteiger partial charge in [0, 0.05) is 37.2 Å². The number of hydrogen-bond acceptors (Lipinski definition) is 6. The summed E-state index contributed by atoms with van der Waals surface area (Å²) in [6.45, 7) is 1.49. The van der Waals surface area contributed by atoms with Crippen molar-refractivity contribution >= 4 is 50.1 Å². The molecule has 0 spiro atoms. The van der Waals surface area contributed by atoms with Crippen molar-refractivity contribution in [2.24, 2.45) is 5.73 Å². The van der Waals surface area contributed by atoms with E-state index in [4.69, 9.17) is 17.3 Å². The van der Waals surface area contributed by atoms with Crippen molar-refractivity contribution in [2.75, 3.05) is 38.5 Å². The minimum absolute atomic E-state index is 0.0204. The summed E-state index contributed by atoms with van der Waals surface area (Å²) in [5.74, 6) is -1.94. The number of likely N-dealkylation sites (tertiary alicyclic amines) is 1. The van der Waals surface area contributed by atoms with Crippen molar-refractivity contribution in [3.63, 3.8) is 0 Å². The number of aliphatic hydroxyl groups excluding tert-OH is 1. The number of carbonyl (C=O) groups is 3. The molecule has 12 heteroatoms. The molecule has 36 heavy (non-hydrogen) atoms. The second-order valence-corrected chi connectivity index (χ2v) is 11.7. The number of rotatable bonds is 7. The van der Waals surface area contributed by atoms with Crippen LogP contribution < -0.4 is 5.73 Å². The summed E-state index contributed by atoms with van der Waals surface area (Å²) in [6, 6.07) is 9.33. The van der Waals surface area contributed by atoms with Crippen LogP contribution in [0.25, 0.3) is 10.8 Å². The Bertz CT molecular complexity index is 1280. The molecule has 0 aromatic heterocycles. The number of fused-ring (bicyclic) bond motifs is 1. The Morgan fingerprint density at radius 3 is 2.42 bits per heavy atom. The van der Waals surface area contributed by atoms with E-state index in [0.29, 0.717) is 36.3 Å². The van der Waals surface area contributed by atoms with Gasteiger partial charge in [0.15, 0.2) is 9.84 Å². The topological polar surface area (TPSA) is 141 Å². The maximum atomic E-state index is 12.9. The van der Waals surface area contributed by atoms with Crippen LogP contribution in [0.2, 0.25) is 5.02 Å². The van der Waals surface area contributed by atoms with Gasteiger partial charge in [-0.25, -0.2) is 13.2 Å². The van der Waals surface area contributed by atoms with Crippen molar-refractivity contribution in [3.8, 4) is 0 Å².